The van der Waals surface area contributed by atoms with Gasteiger partial charge in [0.25, 0.3) is 0 Å². The van der Waals surface area contributed by atoms with Crippen molar-refractivity contribution < 1.29 is 9.47 Å². The van der Waals surface area contributed by atoms with Crippen LogP contribution in [0.1, 0.15) is 22.7 Å². The molecule has 0 aliphatic rings. The van der Waals surface area contributed by atoms with E-state index in [4.69, 9.17) is 21.1 Å². The van der Waals surface area contributed by atoms with Crippen molar-refractivity contribution in [3.05, 3.63) is 58.1 Å². The van der Waals surface area contributed by atoms with Crippen molar-refractivity contribution in [3.63, 3.8) is 0 Å². The molecule has 0 spiro atoms. The van der Waals surface area contributed by atoms with E-state index in [2.05, 4.69) is 24.4 Å². The molecule has 2 rings (SSSR count). The first kappa shape index (κ1) is 15.7. The lowest BCUT2D eigenvalue weighted by Gasteiger charge is -2.21. The lowest BCUT2D eigenvalue weighted by atomic mass is 9.95. The van der Waals surface area contributed by atoms with E-state index in [0.717, 1.165) is 5.56 Å². The zero-order valence-electron chi connectivity index (χ0n) is 12.7. The molecule has 0 fully saturated rings. The Labute approximate surface area is 130 Å². The minimum atomic E-state index is 0.0449. The highest BCUT2D eigenvalue weighted by Crippen LogP contribution is 2.39. The van der Waals surface area contributed by atoms with Gasteiger partial charge in [0.05, 0.1) is 25.3 Å². The Bertz CT molecular complexity index is 628. The number of rotatable bonds is 5. The fraction of sp³-hybridized carbons (Fsp3) is 0.294. The molecule has 3 nitrogen and oxygen atoms in total. The molecular weight excluding hydrogens is 286 g/mol. The standard InChI is InChI=1S/C17H20ClNO2/c1-11-7-5-6-8-13(11)16(19-2)12-9-14(18)17(21-4)15(10-12)20-3/h5-10,16,19H,1-4H3. The van der Waals surface area contributed by atoms with Crippen LogP contribution in [-0.2, 0) is 0 Å². The number of aryl methyl sites for hydroxylation is 1. The van der Waals surface area contributed by atoms with Gasteiger partial charge in [0.15, 0.2) is 11.5 Å². The number of halogens is 1. The molecular formula is C17H20ClNO2. The summed E-state index contributed by atoms with van der Waals surface area (Å²) >= 11 is 6.31. The fourth-order valence-corrected chi connectivity index (χ4v) is 2.81. The molecule has 1 atom stereocenters. The first-order chi connectivity index (χ1) is 10.1. The van der Waals surface area contributed by atoms with Crippen molar-refractivity contribution >= 4 is 11.6 Å². The third-order valence-corrected chi connectivity index (χ3v) is 3.86. The quantitative estimate of drug-likeness (QED) is 0.906. The lowest BCUT2D eigenvalue weighted by Crippen LogP contribution is -2.18. The number of benzene rings is 2. The summed E-state index contributed by atoms with van der Waals surface area (Å²) in [6.45, 7) is 2.10. The molecule has 1 unspecified atom stereocenters. The number of methoxy groups -OCH3 is 2. The first-order valence-corrected chi connectivity index (χ1v) is 7.14. The van der Waals surface area contributed by atoms with Crippen LogP contribution in [0.4, 0.5) is 0 Å². The Morgan fingerprint density at radius 2 is 1.81 bits per heavy atom. The van der Waals surface area contributed by atoms with Crippen molar-refractivity contribution in [2.75, 3.05) is 21.3 Å². The molecule has 2 aromatic carbocycles. The van der Waals surface area contributed by atoms with Crippen LogP contribution in [0.2, 0.25) is 5.02 Å². The predicted molar refractivity (Wildman–Crippen MR) is 86.6 cm³/mol. The average Bonchev–Trinajstić information content (AvgIpc) is 2.49. The average molecular weight is 306 g/mol. The molecule has 0 aliphatic heterocycles. The van der Waals surface area contributed by atoms with Gasteiger partial charge < -0.3 is 14.8 Å². The van der Waals surface area contributed by atoms with Gasteiger partial charge in [-0.05, 0) is 42.8 Å². The maximum Gasteiger partial charge on any atom is 0.179 e. The Hall–Kier alpha value is -1.71. The zero-order valence-corrected chi connectivity index (χ0v) is 13.5. The highest BCUT2D eigenvalue weighted by molar-refractivity contribution is 6.32. The van der Waals surface area contributed by atoms with Crippen molar-refractivity contribution in [1.82, 2.24) is 5.32 Å². The summed E-state index contributed by atoms with van der Waals surface area (Å²) in [4.78, 5) is 0. The van der Waals surface area contributed by atoms with Crippen LogP contribution in [-0.4, -0.2) is 21.3 Å². The van der Waals surface area contributed by atoms with Crippen LogP contribution in [0.25, 0.3) is 0 Å². The van der Waals surface area contributed by atoms with Crippen LogP contribution >= 0.6 is 11.6 Å². The van der Waals surface area contributed by atoms with E-state index in [0.29, 0.717) is 16.5 Å². The van der Waals surface area contributed by atoms with Gasteiger partial charge in [-0.15, -0.1) is 0 Å². The Morgan fingerprint density at radius 1 is 1.10 bits per heavy atom. The summed E-state index contributed by atoms with van der Waals surface area (Å²) in [5, 5.41) is 3.88. The van der Waals surface area contributed by atoms with E-state index in [1.807, 2.05) is 31.3 Å². The third kappa shape index (κ3) is 3.14. The van der Waals surface area contributed by atoms with Gasteiger partial charge in [-0.25, -0.2) is 0 Å². The first-order valence-electron chi connectivity index (χ1n) is 6.76. The van der Waals surface area contributed by atoms with Gasteiger partial charge in [-0.2, -0.15) is 0 Å². The fourth-order valence-electron chi connectivity index (χ4n) is 2.52. The van der Waals surface area contributed by atoms with Crippen LogP contribution in [0.5, 0.6) is 11.5 Å². The molecule has 0 aromatic heterocycles. The third-order valence-electron chi connectivity index (χ3n) is 3.58. The zero-order chi connectivity index (χ0) is 15.4. The molecule has 0 bridgehead atoms. The van der Waals surface area contributed by atoms with Gasteiger partial charge in [0, 0.05) is 0 Å². The highest BCUT2D eigenvalue weighted by Gasteiger charge is 2.18. The van der Waals surface area contributed by atoms with Gasteiger partial charge in [-0.3, -0.25) is 0 Å². The SMILES string of the molecule is CNC(c1cc(Cl)c(OC)c(OC)c1)c1ccccc1C. The van der Waals surface area contributed by atoms with Crippen LogP contribution in [0.15, 0.2) is 36.4 Å². The molecule has 21 heavy (non-hydrogen) atoms. The number of nitrogens with one attached hydrogen (secondary N) is 1. The van der Waals surface area contributed by atoms with Crippen molar-refractivity contribution in [2.45, 2.75) is 13.0 Å². The Kier molecular flexibility index (Phi) is 5.10. The molecule has 1 N–H and O–H groups in total. The van der Waals surface area contributed by atoms with Crippen LogP contribution in [0, 0.1) is 6.92 Å². The van der Waals surface area contributed by atoms with E-state index in [1.54, 1.807) is 14.2 Å². The second kappa shape index (κ2) is 6.83. The van der Waals surface area contributed by atoms with Crippen LogP contribution < -0.4 is 14.8 Å². The van der Waals surface area contributed by atoms with Crippen molar-refractivity contribution in [3.8, 4) is 11.5 Å². The Balaban J connectivity index is 2.53. The molecule has 0 radical (unpaired) electrons. The number of hydrogen-bond donors (Lipinski definition) is 1. The number of hydrogen-bond acceptors (Lipinski definition) is 3. The molecule has 0 saturated carbocycles. The largest absolute Gasteiger partial charge is 0.493 e. The summed E-state index contributed by atoms with van der Waals surface area (Å²) in [7, 11) is 5.13. The summed E-state index contributed by atoms with van der Waals surface area (Å²) in [6.07, 6.45) is 0. The molecule has 0 saturated heterocycles. The molecule has 0 amide bonds. The molecule has 0 aliphatic carbocycles. The molecule has 0 heterocycles. The normalized spacial score (nSPS) is 12.0. The van der Waals surface area contributed by atoms with E-state index in [-0.39, 0.29) is 6.04 Å². The lowest BCUT2D eigenvalue weighted by molar-refractivity contribution is 0.354. The summed E-state index contributed by atoms with van der Waals surface area (Å²) in [5.74, 6) is 1.19. The van der Waals surface area contributed by atoms with E-state index < -0.39 is 0 Å². The van der Waals surface area contributed by atoms with E-state index >= 15 is 0 Å². The summed E-state index contributed by atoms with van der Waals surface area (Å²) in [5.41, 5.74) is 3.47. The maximum absolute atomic E-state index is 6.31. The van der Waals surface area contributed by atoms with Gasteiger partial charge >= 0.3 is 0 Å². The molecule has 112 valence electrons. The topological polar surface area (TPSA) is 30.5 Å². The predicted octanol–water partition coefficient (Wildman–Crippen LogP) is 3.97. The smallest absolute Gasteiger partial charge is 0.179 e. The summed E-state index contributed by atoms with van der Waals surface area (Å²) in [6, 6.07) is 12.2. The Morgan fingerprint density at radius 3 is 2.38 bits per heavy atom. The van der Waals surface area contributed by atoms with Crippen LogP contribution in [0.3, 0.4) is 0 Å². The van der Waals surface area contributed by atoms with Crippen molar-refractivity contribution in [2.24, 2.45) is 0 Å². The van der Waals surface area contributed by atoms with Gasteiger partial charge in [0.2, 0.25) is 0 Å². The molecule has 4 heteroatoms. The molecule has 2 aromatic rings. The monoisotopic (exact) mass is 305 g/mol. The summed E-state index contributed by atoms with van der Waals surface area (Å²) < 4.78 is 10.7. The minimum Gasteiger partial charge on any atom is -0.493 e. The number of ether oxygens (including phenoxy) is 2. The van der Waals surface area contributed by atoms with Gasteiger partial charge in [-0.1, -0.05) is 35.9 Å². The van der Waals surface area contributed by atoms with E-state index in [9.17, 15) is 0 Å². The van der Waals surface area contributed by atoms with E-state index in [1.165, 1.54) is 11.1 Å². The van der Waals surface area contributed by atoms with Crippen molar-refractivity contribution in [1.29, 1.82) is 0 Å². The maximum atomic E-state index is 6.31. The second-order valence-corrected chi connectivity index (χ2v) is 5.22. The van der Waals surface area contributed by atoms with Gasteiger partial charge in [0.1, 0.15) is 0 Å². The minimum absolute atomic E-state index is 0.0449. The highest BCUT2D eigenvalue weighted by atomic mass is 35.5. The second-order valence-electron chi connectivity index (χ2n) is 4.82.